The first kappa shape index (κ1) is 63.6. The number of likely N-dealkylation sites (tertiary alicyclic amines) is 2. The molecule has 0 radical (unpaired) electrons. The van der Waals surface area contributed by atoms with Crippen molar-refractivity contribution in [2.75, 3.05) is 32.7 Å². The number of nitrogens with zero attached hydrogens (tertiary/aromatic N) is 3. The molecular formula is C61H88N8O11. The third kappa shape index (κ3) is 20.2. The fourth-order valence-corrected chi connectivity index (χ4v) is 10.3. The number of nitrogens with one attached hydrogen (secondary N) is 5. The highest BCUT2D eigenvalue weighted by atomic mass is 16.6. The molecular weight excluding hydrogens is 1020 g/mol. The molecule has 0 aromatic heterocycles. The van der Waals surface area contributed by atoms with Crippen LogP contribution in [0.1, 0.15) is 131 Å². The van der Waals surface area contributed by atoms with Crippen LogP contribution in [0.15, 0.2) is 91.0 Å². The van der Waals surface area contributed by atoms with E-state index in [-0.39, 0.29) is 67.9 Å². The monoisotopic (exact) mass is 1110 g/mol. The molecule has 2 aliphatic rings. The number of alkyl carbamates (subject to hydrolysis) is 2. The number of benzene rings is 3. The minimum absolute atomic E-state index is 0.0232. The number of hydrogen-bond donors (Lipinski definition) is 6. The highest BCUT2D eigenvalue weighted by Crippen LogP contribution is 2.41. The number of hydrogen-bond acceptors (Lipinski definition) is 10. The van der Waals surface area contributed by atoms with Crippen molar-refractivity contribution in [2.45, 2.75) is 175 Å². The maximum atomic E-state index is 14.7. The Bertz CT molecular complexity index is 2520. The molecule has 1 spiro atoms. The summed E-state index contributed by atoms with van der Waals surface area (Å²) < 4.78 is 10.8. The molecule has 19 heteroatoms. The zero-order valence-corrected chi connectivity index (χ0v) is 48.7. The largest absolute Gasteiger partial charge is 0.465 e. The summed E-state index contributed by atoms with van der Waals surface area (Å²) in [5.41, 5.74) is 0.311. The van der Waals surface area contributed by atoms with Gasteiger partial charge < -0.3 is 51.0 Å². The molecule has 438 valence electrons. The van der Waals surface area contributed by atoms with Crippen molar-refractivity contribution in [3.05, 3.63) is 108 Å². The van der Waals surface area contributed by atoms with Gasteiger partial charge in [-0.3, -0.25) is 28.9 Å². The Kier molecular flexibility index (Phi) is 23.3. The first-order valence-corrected chi connectivity index (χ1v) is 28.3. The average molecular weight is 1110 g/mol. The van der Waals surface area contributed by atoms with Crippen LogP contribution in [0.4, 0.5) is 14.4 Å². The van der Waals surface area contributed by atoms with Gasteiger partial charge in [0.25, 0.3) is 0 Å². The van der Waals surface area contributed by atoms with E-state index in [1.807, 2.05) is 82.3 Å². The van der Waals surface area contributed by atoms with E-state index in [0.29, 0.717) is 63.8 Å². The predicted octanol–water partition coefficient (Wildman–Crippen LogP) is 7.61. The first-order valence-electron chi connectivity index (χ1n) is 28.3. The quantitative estimate of drug-likeness (QED) is 0.0451. The van der Waals surface area contributed by atoms with E-state index in [0.717, 1.165) is 16.0 Å². The van der Waals surface area contributed by atoms with Crippen LogP contribution in [-0.2, 0) is 52.9 Å². The second kappa shape index (κ2) is 29.3. The second-order valence-electron chi connectivity index (χ2n) is 24.4. The molecule has 2 aliphatic heterocycles. The van der Waals surface area contributed by atoms with E-state index in [4.69, 9.17) is 9.47 Å². The Balaban J connectivity index is 1.30. The number of carbonyl (C=O) groups is 8. The van der Waals surface area contributed by atoms with Crippen molar-refractivity contribution in [3.8, 4) is 0 Å². The lowest BCUT2D eigenvalue weighted by molar-refractivity contribution is -0.153. The molecule has 5 rings (SSSR count). The topological polar surface area (TPSA) is 245 Å². The van der Waals surface area contributed by atoms with Crippen molar-refractivity contribution in [3.63, 3.8) is 0 Å². The van der Waals surface area contributed by atoms with E-state index in [9.17, 15) is 43.5 Å². The Morgan fingerprint density at radius 3 is 1.60 bits per heavy atom. The van der Waals surface area contributed by atoms with Gasteiger partial charge in [0, 0.05) is 56.5 Å². The van der Waals surface area contributed by atoms with Crippen molar-refractivity contribution < 1.29 is 52.9 Å². The number of piperidine rings is 1. The number of unbranched alkanes of at least 4 members (excludes halogenated alkanes) is 1. The van der Waals surface area contributed by atoms with Gasteiger partial charge in [-0.25, -0.2) is 14.4 Å². The zero-order valence-electron chi connectivity index (χ0n) is 48.7. The number of carbonyl (C=O) groups excluding carboxylic acids is 7. The zero-order chi connectivity index (χ0) is 58.8. The Hall–Kier alpha value is -7.18. The van der Waals surface area contributed by atoms with Crippen molar-refractivity contribution in [1.29, 1.82) is 0 Å². The van der Waals surface area contributed by atoms with E-state index < -0.39 is 77.4 Å². The van der Waals surface area contributed by atoms with E-state index in [1.54, 1.807) is 87.7 Å². The number of carboxylic acid groups (broad SMARTS) is 1. The summed E-state index contributed by atoms with van der Waals surface area (Å²) in [6.45, 7) is 20.2. The van der Waals surface area contributed by atoms with Gasteiger partial charge in [0.05, 0.1) is 0 Å². The van der Waals surface area contributed by atoms with Crippen LogP contribution in [0.25, 0.3) is 0 Å². The molecule has 6 N–H and O–H groups in total. The molecule has 0 aliphatic carbocycles. The molecule has 3 aromatic carbocycles. The molecule has 2 heterocycles. The van der Waals surface area contributed by atoms with Gasteiger partial charge in [-0.05, 0) is 115 Å². The van der Waals surface area contributed by atoms with E-state index >= 15 is 0 Å². The lowest BCUT2D eigenvalue weighted by Gasteiger charge is -2.54. The van der Waals surface area contributed by atoms with Crippen LogP contribution in [-0.4, -0.2) is 142 Å². The SMILES string of the molecule is CC(C)C[C@@H](NC(=O)[C@@H](Cc1ccccc1)NC(=O)[C@@H](Cc1ccccc1)N(C(=O)O)C(C)(C)C)C(=O)N[C@H](CCCCNC(=O)OC(C)(C)C)C(=O)N1CC2(CCN(C(=O)[C@@H](CC(C)C)NC(=O)OCc3ccccc3)CC2)C1. The van der Waals surface area contributed by atoms with Gasteiger partial charge in [0.15, 0.2) is 0 Å². The Morgan fingerprint density at radius 2 is 1.07 bits per heavy atom. The van der Waals surface area contributed by atoms with Crippen molar-refractivity contribution >= 4 is 47.8 Å². The summed E-state index contributed by atoms with van der Waals surface area (Å²) >= 11 is 0. The average Bonchev–Trinajstić information content (AvgIpc) is 3.59. The molecule has 19 nitrogen and oxygen atoms in total. The number of rotatable bonds is 25. The normalized spacial score (nSPS) is 16.0. The summed E-state index contributed by atoms with van der Waals surface area (Å²) in [4.78, 5) is 115. The number of amides is 8. The van der Waals surface area contributed by atoms with Crippen LogP contribution >= 0.6 is 0 Å². The van der Waals surface area contributed by atoms with Gasteiger partial charge in [-0.2, -0.15) is 0 Å². The van der Waals surface area contributed by atoms with Crippen molar-refractivity contribution in [1.82, 2.24) is 41.3 Å². The molecule has 0 unspecified atom stereocenters. The van der Waals surface area contributed by atoms with Crippen LogP contribution in [0.3, 0.4) is 0 Å². The fraction of sp³-hybridized carbons (Fsp3) is 0.574. The number of ether oxygens (including phenoxy) is 2. The standard InChI is InChI=1S/C61H88N8O11/c1-41(2)34-47(64-52(71)48(36-43-22-14-11-15-23-43)65-53(72)50(37-44-24-16-12-17-25-44)69(58(77)78)59(5,6)7)51(70)63-46(28-20-21-31-62-56(75)80-60(8,9)10)54(73)68-39-61(40-68)29-32-67(33-30-61)55(74)49(35-42(3)4)66-57(76)79-38-45-26-18-13-19-27-45/h11-19,22-27,41-42,46-50H,20-21,28-40H2,1-10H3,(H,62,75)(H,63,70)(H,64,71)(H,65,72)(H,66,76)(H,77,78)/t46-,47-,48-,49-,50-/m1/s1. The summed E-state index contributed by atoms with van der Waals surface area (Å²) in [6.07, 6.45) is 0.507. The van der Waals surface area contributed by atoms with Crippen LogP contribution in [0.2, 0.25) is 0 Å². The Morgan fingerprint density at radius 1 is 0.588 bits per heavy atom. The van der Waals surface area contributed by atoms with Gasteiger partial charge in [-0.1, -0.05) is 119 Å². The maximum absolute atomic E-state index is 14.7. The van der Waals surface area contributed by atoms with Crippen molar-refractivity contribution in [2.24, 2.45) is 17.3 Å². The highest BCUT2D eigenvalue weighted by Gasteiger charge is 2.49. The summed E-state index contributed by atoms with van der Waals surface area (Å²) in [5, 5.41) is 24.8. The lowest BCUT2D eigenvalue weighted by Crippen LogP contribution is -2.66. The first-order chi connectivity index (χ1) is 37.7. The second-order valence-corrected chi connectivity index (χ2v) is 24.4. The smallest absolute Gasteiger partial charge is 0.408 e. The maximum Gasteiger partial charge on any atom is 0.408 e. The third-order valence-corrected chi connectivity index (χ3v) is 14.3. The van der Waals surface area contributed by atoms with Gasteiger partial charge in [0.1, 0.15) is 42.4 Å². The van der Waals surface area contributed by atoms with Gasteiger partial charge in [0.2, 0.25) is 29.5 Å². The molecule has 0 saturated carbocycles. The fourth-order valence-electron chi connectivity index (χ4n) is 10.3. The molecule has 0 bridgehead atoms. The summed E-state index contributed by atoms with van der Waals surface area (Å²) in [7, 11) is 0. The molecule has 3 aromatic rings. The molecule has 80 heavy (non-hydrogen) atoms. The molecule has 2 saturated heterocycles. The van der Waals surface area contributed by atoms with E-state index in [2.05, 4.69) is 26.6 Å². The minimum Gasteiger partial charge on any atom is -0.465 e. The van der Waals surface area contributed by atoms with Crippen LogP contribution in [0.5, 0.6) is 0 Å². The molecule has 2 fully saturated rings. The summed E-state index contributed by atoms with van der Waals surface area (Å²) in [6, 6.07) is 22.0. The van der Waals surface area contributed by atoms with Crippen LogP contribution < -0.4 is 26.6 Å². The molecule has 5 atom stereocenters. The minimum atomic E-state index is -1.31. The van der Waals surface area contributed by atoms with Gasteiger partial charge in [-0.15, -0.1) is 0 Å². The third-order valence-electron chi connectivity index (χ3n) is 14.3. The van der Waals surface area contributed by atoms with Gasteiger partial charge >= 0.3 is 18.3 Å². The molecule has 8 amide bonds. The Labute approximate surface area is 473 Å². The summed E-state index contributed by atoms with van der Waals surface area (Å²) in [5.74, 6) is -2.42. The predicted molar refractivity (Wildman–Crippen MR) is 305 cm³/mol. The lowest BCUT2D eigenvalue weighted by atomic mass is 9.71. The van der Waals surface area contributed by atoms with Crippen LogP contribution in [0, 0.1) is 17.3 Å². The van der Waals surface area contributed by atoms with E-state index in [1.165, 1.54) is 0 Å². The highest BCUT2D eigenvalue weighted by molar-refractivity contribution is 5.96.